The van der Waals surface area contributed by atoms with Crippen LogP contribution < -0.4 is 5.32 Å². The highest BCUT2D eigenvalue weighted by molar-refractivity contribution is 5.95. The molecule has 0 unspecified atom stereocenters. The van der Waals surface area contributed by atoms with Gasteiger partial charge in [-0.05, 0) is 43.0 Å². The number of anilines is 1. The topological polar surface area (TPSA) is 75.6 Å². The van der Waals surface area contributed by atoms with E-state index in [2.05, 4.69) is 5.32 Å². The molecule has 5 heteroatoms. The molecule has 0 aromatic heterocycles. The minimum atomic E-state index is -0.998. The Morgan fingerprint density at radius 2 is 1.80 bits per heavy atom. The summed E-state index contributed by atoms with van der Waals surface area (Å²) in [5.41, 5.74) is 3.36. The molecule has 0 saturated carbocycles. The van der Waals surface area contributed by atoms with Crippen LogP contribution in [0.1, 0.15) is 39.9 Å². The lowest BCUT2D eigenvalue weighted by Gasteiger charge is -2.11. The molecule has 0 fully saturated rings. The van der Waals surface area contributed by atoms with Crippen molar-refractivity contribution >= 4 is 17.6 Å². The Morgan fingerprint density at radius 1 is 1.08 bits per heavy atom. The first-order chi connectivity index (χ1) is 12.0. The number of carbonyl (C=O) groups excluding carboxylic acids is 1. The van der Waals surface area contributed by atoms with Gasteiger partial charge in [0.2, 0.25) is 5.91 Å². The molecule has 0 atom stereocenters. The molecule has 132 valence electrons. The molecule has 0 spiro atoms. The quantitative estimate of drug-likeness (QED) is 0.713. The summed E-state index contributed by atoms with van der Waals surface area (Å²) in [6, 6.07) is 13.1. The number of ether oxygens (including phenoxy) is 1. The van der Waals surface area contributed by atoms with Crippen LogP contribution in [-0.4, -0.2) is 23.6 Å². The van der Waals surface area contributed by atoms with E-state index in [1.165, 1.54) is 6.07 Å². The van der Waals surface area contributed by atoms with Crippen LogP contribution in [-0.2, 0) is 16.1 Å². The van der Waals surface area contributed by atoms with Crippen molar-refractivity contribution < 1.29 is 19.4 Å². The van der Waals surface area contributed by atoms with Crippen LogP contribution in [0.25, 0.3) is 0 Å². The minimum Gasteiger partial charge on any atom is -0.478 e. The predicted octanol–water partition coefficient (Wildman–Crippen LogP) is 3.94. The number of rotatable bonds is 8. The van der Waals surface area contributed by atoms with Crippen LogP contribution in [0.15, 0.2) is 42.5 Å². The van der Waals surface area contributed by atoms with Crippen molar-refractivity contribution in [1.29, 1.82) is 0 Å². The van der Waals surface area contributed by atoms with Crippen molar-refractivity contribution in [2.75, 3.05) is 11.9 Å². The summed E-state index contributed by atoms with van der Waals surface area (Å²) in [7, 11) is 0. The Kier molecular flexibility index (Phi) is 6.71. The number of carbonyl (C=O) groups is 2. The van der Waals surface area contributed by atoms with Crippen molar-refractivity contribution in [3.05, 3.63) is 64.7 Å². The molecular formula is C20H23NO4. The molecule has 25 heavy (non-hydrogen) atoms. The number of hydrogen-bond acceptors (Lipinski definition) is 3. The Balaban J connectivity index is 1.78. The van der Waals surface area contributed by atoms with Gasteiger partial charge in [0.15, 0.2) is 0 Å². The summed E-state index contributed by atoms with van der Waals surface area (Å²) in [6.07, 6.45) is 0.930. The normalized spacial score (nSPS) is 10.5. The van der Waals surface area contributed by atoms with E-state index in [-0.39, 0.29) is 11.5 Å². The number of aromatic carboxylic acids is 1. The van der Waals surface area contributed by atoms with Crippen molar-refractivity contribution in [3.8, 4) is 0 Å². The monoisotopic (exact) mass is 341 g/mol. The average molecular weight is 341 g/mol. The lowest BCUT2D eigenvalue weighted by molar-refractivity contribution is -0.116. The summed E-state index contributed by atoms with van der Waals surface area (Å²) >= 11 is 0. The predicted molar refractivity (Wildman–Crippen MR) is 96.8 cm³/mol. The summed E-state index contributed by atoms with van der Waals surface area (Å²) < 4.78 is 5.55. The summed E-state index contributed by atoms with van der Waals surface area (Å²) in [6.45, 7) is 4.61. The molecule has 2 rings (SSSR count). The van der Waals surface area contributed by atoms with Crippen LogP contribution in [0, 0.1) is 13.8 Å². The highest BCUT2D eigenvalue weighted by Crippen LogP contribution is 2.21. The number of aryl methyl sites for hydroxylation is 2. The Morgan fingerprint density at radius 3 is 2.48 bits per heavy atom. The van der Waals surface area contributed by atoms with E-state index in [0.29, 0.717) is 37.3 Å². The van der Waals surface area contributed by atoms with Crippen molar-refractivity contribution in [2.45, 2.75) is 33.3 Å². The van der Waals surface area contributed by atoms with E-state index in [9.17, 15) is 14.7 Å². The van der Waals surface area contributed by atoms with E-state index >= 15 is 0 Å². The van der Waals surface area contributed by atoms with Gasteiger partial charge < -0.3 is 15.2 Å². The number of hydrogen-bond donors (Lipinski definition) is 2. The van der Waals surface area contributed by atoms with Crippen LogP contribution in [0.5, 0.6) is 0 Å². The molecule has 2 aromatic carbocycles. The maximum Gasteiger partial charge on any atom is 0.336 e. The fourth-order valence-electron chi connectivity index (χ4n) is 2.53. The first-order valence-corrected chi connectivity index (χ1v) is 8.23. The third-order valence-electron chi connectivity index (χ3n) is 3.88. The molecule has 0 bridgehead atoms. The van der Waals surface area contributed by atoms with Gasteiger partial charge in [0, 0.05) is 18.7 Å². The van der Waals surface area contributed by atoms with E-state index < -0.39 is 5.97 Å². The van der Waals surface area contributed by atoms with Crippen molar-refractivity contribution in [1.82, 2.24) is 0 Å². The fourth-order valence-corrected chi connectivity index (χ4v) is 2.53. The zero-order chi connectivity index (χ0) is 18.2. The molecule has 2 N–H and O–H groups in total. The minimum absolute atomic E-state index is 0.147. The molecule has 0 aliphatic carbocycles. The molecule has 0 aliphatic rings. The van der Waals surface area contributed by atoms with Crippen LogP contribution in [0.4, 0.5) is 5.69 Å². The first-order valence-electron chi connectivity index (χ1n) is 8.23. The number of carboxylic acid groups (broad SMARTS) is 1. The molecule has 0 radical (unpaired) electrons. The highest BCUT2D eigenvalue weighted by Gasteiger charge is 2.12. The van der Waals surface area contributed by atoms with Crippen LogP contribution >= 0.6 is 0 Å². The number of nitrogens with one attached hydrogen (secondary N) is 1. The van der Waals surface area contributed by atoms with Crippen LogP contribution in [0.2, 0.25) is 0 Å². The molecule has 0 saturated heterocycles. The van der Waals surface area contributed by atoms with Crippen LogP contribution in [0.3, 0.4) is 0 Å². The lowest BCUT2D eigenvalue weighted by atomic mass is 10.0. The Hall–Kier alpha value is -2.66. The molecular weight excluding hydrogens is 318 g/mol. The largest absolute Gasteiger partial charge is 0.478 e. The van der Waals surface area contributed by atoms with Gasteiger partial charge in [0.25, 0.3) is 0 Å². The molecule has 2 aromatic rings. The maximum absolute atomic E-state index is 12.0. The average Bonchev–Trinajstić information content (AvgIpc) is 2.57. The second-order valence-electron chi connectivity index (χ2n) is 5.98. The van der Waals surface area contributed by atoms with Gasteiger partial charge in [-0.3, -0.25) is 4.79 Å². The van der Waals surface area contributed by atoms with Crippen molar-refractivity contribution in [3.63, 3.8) is 0 Å². The van der Waals surface area contributed by atoms with Crippen molar-refractivity contribution in [2.24, 2.45) is 0 Å². The summed E-state index contributed by atoms with van der Waals surface area (Å²) in [5.74, 6) is -1.14. The number of benzene rings is 2. The van der Waals surface area contributed by atoms with E-state index in [1.807, 2.05) is 37.3 Å². The number of carboxylic acids is 1. The van der Waals surface area contributed by atoms with Gasteiger partial charge in [-0.25, -0.2) is 4.79 Å². The zero-order valence-electron chi connectivity index (χ0n) is 14.5. The summed E-state index contributed by atoms with van der Waals surface area (Å²) in [5, 5.41) is 12.0. The third kappa shape index (κ3) is 5.72. The standard InChI is InChI=1S/C20H23NO4/c1-14-11-15(2)18(12-17(14)20(23)24)21-19(22)9-6-10-25-13-16-7-4-3-5-8-16/h3-5,7-8,11-12H,6,9-10,13H2,1-2H3,(H,21,22)(H,23,24). The van der Waals surface area contributed by atoms with Gasteiger partial charge in [0.05, 0.1) is 12.2 Å². The van der Waals surface area contributed by atoms with Gasteiger partial charge >= 0.3 is 5.97 Å². The second kappa shape index (κ2) is 8.99. The second-order valence-corrected chi connectivity index (χ2v) is 5.98. The van der Waals surface area contributed by atoms with Gasteiger partial charge in [-0.1, -0.05) is 36.4 Å². The zero-order valence-corrected chi connectivity index (χ0v) is 14.5. The summed E-state index contributed by atoms with van der Waals surface area (Å²) in [4.78, 5) is 23.3. The highest BCUT2D eigenvalue weighted by atomic mass is 16.5. The van der Waals surface area contributed by atoms with Gasteiger partial charge in [-0.15, -0.1) is 0 Å². The molecule has 0 aliphatic heterocycles. The smallest absolute Gasteiger partial charge is 0.336 e. The Labute approximate surface area is 147 Å². The maximum atomic E-state index is 12.0. The van der Waals surface area contributed by atoms with E-state index in [1.54, 1.807) is 13.0 Å². The number of amides is 1. The lowest BCUT2D eigenvalue weighted by Crippen LogP contribution is -2.14. The third-order valence-corrected chi connectivity index (χ3v) is 3.88. The fraction of sp³-hybridized carbons (Fsp3) is 0.300. The Bertz CT molecular complexity index is 741. The van der Waals surface area contributed by atoms with Gasteiger partial charge in [-0.2, -0.15) is 0 Å². The van der Waals surface area contributed by atoms with Gasteiger partial charge in [0.1, 0.15) is 0 Å². The SMILES string of the molecule is Cc1cc(C)c(C(=O)O)cc1NC(=O)CCCOCc1ccccc1. The molecule has 5 nitrogen and oxygen atoms in total. The van der Waals surface area contributed by atoms with E-state index in [4.69, 9.17) is 4.74 Å². The molecule has 1 amide bonds. The first kappa shape index (κ1) is 18.7. The van der Waals surface area contributed by atoms with E-state index in [0.717, 1.165) is 11.1 Å². The molecule has 0 heterocycles.